The van der Waals surface area contributed by atoms with E-state index in [-0.39, 0.29) is 24.3 Å². The number of rotatable bonds is 4. The van der Waals surface area contributed by atoms with Crippen LogP contribution in [-0.2, 0) is 11.3 Å². The fourth-order valence-corrected chi connectivity index (χ4v) is 4.68. The number of nitrogens with zero attached hydrogens (tertiary/aromatic N) is 4. The predicted octanol–water partition coefficient (Wildman–Crippen LogP) is 1.47. The van der Waals surface area contributed by atoms with Gasteiger partial charge in [0.15, 0.2) is 11.5 Å². The van der Waals surface area contributed by atoms with Crippen molar-refractivity contribution in [1.29, 1.82) is 0 Å². The Bertz CT molecular complexity index is 1160. The smallest absolute Gasteiger partial charge is 0.275 e. The Balaban J connectivity index is 1.32. The van der Waals surface area contributed by atoms with Gasteiger partial charge in [-0.3, -0.25) is 9.59 Å². The van der Waals surface area contributed by atoms with E-state index in [1.165, 1.54) is 21.9 Å². The molecule has 0 aliphatic carbocycles. The number of carbonyl (C=O) groups is 1. The maximum atomic E-state index is 12.9. The van der Waals surface area contributed by atoms with E-state index in [4.69, 9.17) is 9.47 Å². The topological polar surface area (TPSA) is 98.1 Å². The maximum Gasteiger partial charge on any atom is 0.275 e. The number of amides is 1. The van der Waals surface area contributed by atoms with E-state index < -0.39 is 0 Å². The summed E-state index contributed by atoms with van der Waals surface area (Å²) in [7, 11) is 0. The summed E-state index contributed by atoms with van der Waals surface area (Å²) in [5.74, 6) is 1.36. The van der Waals surface area contributed by atoms with Crippen LogP contribution in [0, 0.1) is 6.92 Å². The molecule has 1 N–H and O–H groups in total. The van der Waals surface area contributed by atoms with Crippen LogP contribution in [0.4, 0.5) is 5.13 Å². The van der Waals surface area contributed by atoms with Crippen LogP contribution in [0.3, 0.4) is 0 Å². The van der Waals surface area contributed by atoms with Crippen molar-refractivity contribution in [3.8, 4) is 11.5 Å². The highest BCUT2D eigenvalue weighted by Crippen LogP contribution is 2.33. The first-order valence-corrected chi connectivity index (χ1v) is 10.2. The van der Waals surface area contributed by atoms with E-state index in [0.717, 1.165) is 30.7 Å². The number of carbonyl (C=O) groups excluding carboxylic acids is 1. The van der Waals surface area contributed by atoms with Crippen LogP contribution in [0.25, 0.3) is 4.96 Å². The SMILES string of the molecule is Cc1cc(=O)n2nc(N3CCC[C@@H]3C(=O)NCc3ccc4c(c3)OCO4)sc2n1. The fraction of sp³-hybridized carbons (Fsp3) is 0.368. The van der Waals surface area contributed by atoms with Gasteiger partial charge < -0.3 is 19.7 Å². The van der Waals surface area contributed by atoms with Crippen molar-refractivity contribution < 1.29 is 14.3 Å². The summed E-state index contributed by atoms with van der Waals surface area (Å²) in [6.07, 6.45) is 1.63. The zero-order chi connectivity index (χ0) is 20.0. The molecule has 4 heterocycles. The largest absolute Gasteiger partial charge is 0.454 e. The fourth-order valence-electron chi connectivity index (χ4n) is 3.65. The van der Waals surface area contributed by atoms with Gasteiger partial charge >= 0.3 is 0 Å². The molecule has 0 radical (unpaired) electrons. The van der Waals surface area contributed by atoms with Gasteiger partial charge in [0.05, 0.1) is 0 Å². The summed E-state index contributed by atoms with van der Waals surface area (Å²) in [5, 5.41) is 8.04. The number of ether oxygens (including phenoxy) is 2. The minimum Gasteiger partial charge on any atom is -0.454 e. The van der Waals surface area contributed by atoms with Gasteiger partial charge in [-0.1, -0.05) is 17.4 Å². The number of benzene rings is 1. The minimum absolute atomic E-state index is 0.0593. The average molecular weight is 413 g/mol. The Kier molecular flexibility index (Phi) is 4.35. The Hall–Kier alpha value is -3.14. The Morgan fingerprint density at radius 1 is 1.31 bits per heavy atom. The van der Waals surface area contributed by atoms with Gasteiger partial charge in [0.25, 0.3) is 5.56 Å². The second kappa shape index (κ2) is 7.03. The van der Waals surface area contributed by atoms with Gasteiger partial charge in [-0.2, -0.15) is 4.52 Å². The molecule has 1 amide bonds. The standard InChI is InChI=1S/C19H19N5O4S/c1-11-7-16(25)24-18(21-11)29-19(22-24)23-6-2-3-13(23)17(26)20-9-12-4-5-14-15(8-12)28-10-27-14/h4-5,7-8,13H,2-3,6,9-10H2,1H3,(H,20,26)/t13-/m1/s1. The molecule has 9 nitrogen and oxygen atoms in total. The molecule has 150 valence electrons. The van der Waals surface area contributed by atoms with Crippen molar-refractivity contribution in [1.82, 2.24) is 19.9 Å². The average Bonchev–Trinajstić information content (AvgIpc) is 3.43. The second-order valence-electron chi connectivity index (χ2n) is 7.07. The van der Waals surface area contributed by atoms with Crippen LogP contribution >= 0.6 is 11.3 Å². The molecule has 1 saturated heterocycles. The highest BCUT2D eigenvalue weighted by molar-refractivity contribution is 7.20. The van der Waals surface area contributed by atoms with Crippen molar-refractivity contribution in [3.05, 3.63) is 45.9 Å². The third kappa shape index (κ3) is 3.29. The molecule has 1 fully saturated rings. The normalized spacial score (nSPS) is 17.8. The summed E-state index contributed by atoms with van der Waals surface area (Å²) in [4.78, 5) is 31.9. The molecule has 2 aromatic heterocycles. The van der Waals surface area contributed by atoms with Crippen molar-refractivity contribution in [2.24, 2.45) is 0 Å². The van der Waals surface area contributed by atoms with Crippen molar-refractivity contribution in [3.63, 3.8) is 0 Å². The lowest BCUT2D eigenvalue weighted by Gasteiger charge is -2.22. The van der Waals surface area contributed by atoms with E-state index in [2.05, 4.69) is 15.4 Å². The zero-order valence-corrected chi connectivity index (χ0v) is 16.6. The van der Waals surface area contributed by atoms with E-state index in [1.807, 2.05) is 23.1 Å². The lowest BCUT2D eigenvalue weighted by atomic mass is 10.1. The van der Waals surface area contributed by atoms with Crippen LogP contribution in [-0.4, -0.2) is 39.9 Å². The van der Waals surface area contributed by atoms with Crippen molar-refractivity contribution in [2.75, 3.05) is 18.2 Å². The molecule has 3 aromatic rings. The molecule has 2 aliphatic heterocycles. The molecular weight excluding hydrogens is 394 g/mol. The first-order valence-electron chi connectivity index (χ1n) is 9.39. The summed E-state index contributed by atoms with van der Waals surface area (Å²) in [6, 6.07) is 6.77. The lowest BCUT2D eigenvalue weighted by Crippen LogP contribution is -2.43. The molecule has 1 atom stereocenters. The molecule has 2 aliphatic rings. The summed E-state index contributed by atoms with van der Waals surface area (Å²) in [6.45, 7) is 3.13. The maximum absolute atomic E-state index is 12.9. The predicted molar refractivity (Wildman–Crippen MR) is 107 cm³/mol. The third-order valence-electron chi connectivity index (χ3n) is 5.07. The quantitative estimate of drug-likeness (QED) is 0.692. The van der Waals surface area contributed by atoms with Crippen LogP contribution < -0.4 is 25.2 Å². The summed E-state index contributed by atoms with van der Waals surface area (Å²) < 4.78 is 12.0. The number of hydrogen-bond donors (Lipinski definition) is 1. The molecule has 0 unspecified atom stereocenters. The number of hydrogen-bond acceptors (Lipinski definition) is 8. The molecule has 0 saturated carbocycles. The third-order valence-corrected chi connectivity index (χ3v) is 6.01. The molecule has 1 aromatic carbocycles. The Labute approximate surface area is 169 Å². The van der Waals surface area contributed by atoms with Crippen molar-refractivity contribution >= 4 is 27.3 Å². The van der Waals surface area contributed by atoms with E-state index in [0.29, 0.717) is 28.1 Å². The van der Waals surface area contributed by atoms with Crippen LogP contribution in [0.2, 0.25) is 0 Å². The summed E-state index contributed by atoms with van der Waals surface area (Å²) >= 11 is 1.33. The van der Waals surface area contributed by atoms with Gasteiger partial charge in [-0.25, -0.2) is 4.98 Å². The molecular formula is C19H19N5O4S. The van der Waals surface area contributed by atoms with Gasteiger partial charge in [-0.15, -0.1) is 5.10 Å². The first-order chi connectivity index (χ1) is 14.1. The second-order valence-corrected chi connectivity index (χ2v) is 8.01. The van der Waals surface area contributed by atoms with Gasteiger partial charge in [0.2, 0.25) is 22.8 Å². The Morgan fingerprint density at radius 2 is 2.17 bits per heavy atom. The Morgan fingerprint density at radius 3 is 3.07 bits per heavy atom. The van der Waals surface area contributed by atoms with Crippen molar-refractivity contribution in [2.45, 2.75) is 32.4 Å². The molecule has 0 spiro atoms. The lowest BCUT2D eigenvalue weighted by molar-refractivity contribution is -0.122. The zero-order valence-electron chi connectivity index (χ0n) is 15.8. The monoisotopic (exact) mass is 413 g/mol. The highest BCUT2D eigenvalue weighted by atomic mass is 32.1. The molecule has 10 heteroatoms. The number of fused-ring (bicyclic) bond motifs is 2. The molecule has 5 rings (SSSR count). The van der Waals surface area contributed by atoms with E-state index in [9.17, 15) is 9.59 Å². The first kappa shape index (κ1) is 17.9. The molecule has 29 heavy (non-hydrogen) atoms. The number of aryl methyl sites for hydroxylation is 1. The summed E-state index contributed by atoms with van der Waals surface area (Å²) in [5.41, 5.74) is 1.39. The number of nitrogens with one attached hydrogen (secondary N) is 1. The number of anilines is 1. The highest BCUT2D eigenvalue weighted by Gasteiger charge is 2.33. The van der Waals surface area contributed by atoms with Gasteiger partial charge in [0.1, 0.15) is 6.04 Å². The molecule has 0 bridgehead atoms. The van der Waals surface area contributed by atoms with Crippen LogP contribution in [0.1, 0.15) is 24.1 Å². The van der Waals surface area contributed by atoms with Gasteiger partial charge in [0, 0.05) is 24.8 Å². The van der Waals surface area contributed by atoms with Crippen LogP contribution in [0.5, 0.6) is 11.5 Å². The van der Waals surface area contributed by atoms with E-state index >= 15 is 0 Å². The van der Waals surface area contributed by atoms with E-state index in [1.54, 1.807) is 6.92 Å². The van der Waals surface area contributed by atoms with Crippen LogP contribution in [0.15, 0.2) is 29.1 Å². The minimum atomic E-state index is -0.318. The van der Waals surface area contributed by atoms with Gasteiger partial charge in [-0.05, 0) is 37.5 Å². The number of aromatic nitrogens is 3.